The Labute approximate surface area is 248 Å². The van der Waals surface area contributed by atoms with Crippen LogP contribution < -0.4 is 20.7 Å². The third-order valence-electron chi connectivity index (χ3n) is 9.09. The minimum absolute atomic E-state index is 0.0297. The maximum absolute atomic E-state index is 13.9. The summed E-state index contributed by atoms with van der Waals surface area (Å²) in [6.45, 7) is 8.92. The van der Waals surface area contributed by atoms with Gasteiger partial charge < -0.3 is 25.6 Å². The molecule has 3 N–H and O–H groups in total. The third kappa shape index (κ3) is 6.80. The molecule has 43 heavy (non-hydrogen) atoms. The van der Waals surface area contributed by atoms with Gasteiger partial charge in [0.1, 0.15) is 24.4 Å². The van der Waals surface area contributed by atoms with Crippen LogP contribution in [0.1, 0.15) is 46.1 Å². The number of aryl methyl sites for hydroxylation is 1. The average molecular weight is 609 g/mol. The molecule has 6 atom stereocenters. The van der Waals surface area contributed by atoms with Crippen LogP contribution in [0.25, 0.3) is 0 Å². The number of ether oxygens (including phenoxy) is 1. The number of nitrogens with one attached hydrogen (secondary N) is 3. The van der Waals surface area contributed by atoms with Gasteiger partial charge in [-0.2, -0.15) is 13.2 Å². The Morgan fingerprint density at radius 3 is 2.40 bits per heavy atom. The Hall–Kier alpha value is -3.64. The van der Waals surface area contributed by atoms with Crippen LogP contribution in [0.4, 0.5) is 13.2 Å². The van der Waals surface area contributed by atoms with E-state index in [1.807, 2.05) is 32.9 Å². The number of carbonyl (C=O) groups excluding carboxylic acids is 5. The lowest BCUT2D eigenvalue weighted by Gasteiger charge is -2.35. The van der Waals surface area contributed by atoms with Gasteiger partial charge in [0.15, 0.2) is 5.78 Å². The first-order valence-electron chi connectivity index (χ1n) is 14.5. The number of fused-ring (bicyclic) bond motifs is 1. The molecule has 0 spiro atoms. The largest absolute Gasteiger partial charge is 0.485 e. The fraction of sp³-hybridized carbons (Fsp3) is 0.633. The van der Waals surface area contributed by atoms with E-state index in [0.717, 1.165) is 5.56 Å². The predicted octanol–water partition coefficient (Wildman–Crippen LogP) is 2.14. The molecular weight excluding hydrogens is 569 g/mol. The van der Waals surface area contributed by atoms with E-state index in [4.69, 9.17) is 4.74 Å². The normalized spacial score (nSPS) is 25.4. The number of amides is 4. The number of nitrogens with zero attached hydrogens (tertiary/aromatic N) is 1. The first-order valence-corrected chi connectivity index (χ1v) is 14.5. The van der Waals surface area contributed by atoms with Crippen LogP contribution in [-0.2, 0) is 24.0 Å². The molecule has 10 nitrogen and oxygen atoms in total. The molecule has 2 heterocycles. The van der Waals surface area contributed by atoms with Gasteiger partial charge in [0.2, 0.25) is 17.7 Å². The Morgan fingerprint density at radius 1 is 1.14 bits per heavy atom. The maximum Gasteiger partial charge on any atom is 0.471 e. The molecule has 2 aliphatic heterocycles. The lowest BCUT2D eigenvalue weighted by Crippen LogP contribution is -2.59. The van der Waals surface area contributed by atoms with Crippen molar-refractivity contribution < 1.29 is 41.9 Å². The van der Waals surface area contributed by atoms with Crippen molar-refractivity contribution in [3.8, 4) is 5.75 Å². The summed E-state index contributed by atoms with van der Waals surface area (Å²) < 4.78 is 44.8. The molecule has 0 radical (unpaired) electrons. The number of piperidine rings is 1. The van der Waals surface area contributed by atoms with Gasteiger partial charge in [0.05, 0.1) is 6.04 Å². The zero-order valence-corrected chi connectivity index (χ0v) is 24.9. The molecule has 4 amide bonds. The molecule has 0 bridgehead atoms. The van der Waals surface area contributed by atoms with Gasteiger partial charge in [-0.3, -0.25) is 24.0 Å². The van der Waals surface area contributed by atoms with Crippen LogP contribution in [0.2, 0.25) is 0 Å². The van der Waals surface area contributed by atoms with Crippen LogP contribution in [0.15, 0.2) is 24.3 Å². The lowest BCUT2D eigenvalue weighted by molar-refractivity contribution is -0.175. The van der Waals surface area contributed by atoms with E-state index in [2.05, 4.69) is 10.6 Å². The molecule has 2 saturated heterocycles. The summed E-state index contributed by atoms with van der Waals surface area (Å²) >= 11 is 0. The molecule has 3 fully saturated rings. The second-order valence-corrected chi connectivity index (χ2v) is 12.7. The summed E-state index contributed by atoms with van der Waals surface area (Å²) in [7, 11) is 0. The number of benzene rings is 1. The standard InChI is InChI=1S/C30H39F3N4O6/c1-15(2)23(36-28(42)30(31,32)33)27(41)37-13-18-22(29(18,4)5)24(37)26(40)35-19(12-17-10-11-34-25(17)39)20(38)14-43-21-9-7-6-8-16(21)3/h6-9,15,17-19,22-24H,10-14H2,1-5H3,(H,34,39)(H,35,40)(H,36,42)/t17-,18-,19-,22-,23-,24-/m0/s1. The van der Waals surface area contributed by atoms with Crippen molar-refractivity contribution >= 4 is 29.4 Å². The number of likely N-dealkylation sites (tertiary alicyclic amines) is 1. The molecule has 1 aromatic carbocycles. The Morgan fingerprint density at radius 2 is 1.81 bits per heavy atom. The molecule has 0 unspecified atom stereocenters. The smallest absolute Gasteiger partial charge is 0.471 e. The second-order valence-electron chi connectivity index (χ2n) is 12.7. The summed E-state index contributed by atoms with van der Waals surface area (Å²) in [5, 5.41) is 7.27. The molecule has 1 aliphatic carbocycles. The quantitative estimate of drug-likeness (QED) is 0.353. The zero-order chi connectivity index (χ0) is 31.9. The highest BCUT2D eigenvalue weighted by Crippen LogP contribution is 2.65. The highest BCUT2D eigenvalue weighted by molar-refractivity contribution is 5.97. The first kappa shape index (κ1) is 32.3. The number of ketones is 1. The van der Waals surface area contributed by atoms with Crippen molar-refractivity contribution in [3.63, 3.8) is 0 Å². The van der Waals surface area contributed by atoms with Crippen molar-refractivity contribution in [2.75, 3.05) is 19.7 Å². The van der Waals surface area contributed by atoms with Crippen molar-refractivity contribution in [1.82, 2.24) is 20.9 Å². The van der Waals surface area contributed by atoms with Gasteiger partial charge in [-0.05, 0) is 54.6 Å². The van der Waals surface area contributed by atoms with Gasteiger partial charge in [0.25, 0.3) is 0 Å². The second kappa shape index (κ2) is 12.2. The van der Waals surface area contributed by atoms with Crippen LogP contribution in [0, 0.1) is 36.0 Å². The van der Waals surface area contributed by atoms with Crippen LogP contribution in [-0.4, -0.2) is 78.3 Å². The monoisotopic (exact) mass is 608 g/mol. The zero-order valence-electron chi connectivity index (χ0n) is 24.9. The van der Waals surface area contributed by atoms with E-state index >= 15 is 0 Å². The highest BCUT2D eigenvalue weighted by atomic mass is 19.4. The first-order chi connectivity index (χ1) is 20.0. The Kier molecular flexibility index (Phi) is 9.13. The molecule has 0 aromatic heterocycles. The number of alkyl halides is 3. The summed E-state index contributed by atoms with van der Waals surface area (Å²) in [5.41, 5.74) is 0.491. The van der Waals surface area contributed by atoms with E-state index in [1.54, 1.807) is 17.4 Å². The van der Waals surface area contributed by atoms with Crippen molar-refractivity contribution in [3.05, 3.63) is 29.8 Å². The molecule has 4 rings (SSSR count). The number of carbonyl (C=O) groups is 5. The van der Waals surface area contributed by atoms with E-state index in [0.29, 0.717) is 18.7 Å². The molecule has 3 aliphatic rings. The van der Waals surface area contributed by atoms with Crippen molar-refractivity contribution in [1.29, 1.82) is 0 Å². The Balaban J connectivity index is 1.55. The highest BCUT2D eigenvalue weighted by Gasteiger charge is 2.69. The number of hydrogen-bond acceptors (Lipinski definition) is 6. The SMILES string of the molecule is Cc1ccccc1OCC(=O)[C@H](C[C@@H]1CCNC1=O)NC(=O)[C@@H]1[C@@H]2[C@H](CN1C(=O)[C@@H](NC(=O)C(F)(F)F)C(C)C)C2(C)C. The number of Topliss-reactive ketones (excluding diaryl/α,β-unsaturated/α-hetero) is 1. The van der Waals surface area contributed by atoms with Crippen LogP contribution >= 0.6 is 0 Å². The Bertz CT molecular complexity index is 1280. The number of hydrogen-bond donors (Lipinski definition) is 3. The van der Waals surface area contributed by atoms with Gasteiger partial charge in [-0.25, -0.2) is 0 Å². The number of halogens is 3. The minimum Gasteiger partial charge on any atom is -0.485 e. The van der Waals surface area contributed by atoms with Gasteiger partial charge in [-0.15, -0.1) is 0 Å². The van der Waals surface area contributed by atoms with Crippen LogP contribution in [0.3, 0.4) is 0 Å². The molecular formula is C30H39F3N4O6. The van der Waals surface area contributed by atoms with Crippen LogP contribution in [0.5, 0.6) is 5.75 Å². The maximum atomic E-state index is 13.9. The minimum atomic E-state index is -5.18. The summed E-state index contributed by atoms with van der Waals surface area (Å²) in [4.78, 5) is 66.2. The topological polar surface area (TPSA) is 134 Å². The summed E-state index contributed by atoms with van der Waals surface area (Å²) in [6.07, 6.45) is -4.67. The van der Waals surface area contributed by atoms with Gasteiger partial charge in [0, 0.05) is 19.0 Å². The van der Waals surface area contributed by atoms with E-state index in [-0.39, 0.29) is 42.7 Å². The van der Waals surface area contributed by atoms with E-state index < -0.39 is 59.6 Å². The van der Waals surface area contributed by atoms with Crippen molar-refractivity contribution in [2.24, 2.45) is 29.1 Å². The molecule has 13 heteroatoms. The number of rotatable bonds is 11. The van der Waals surface area contributed by atoms with E-state index in [9.17, 15) is 37.1 Å². The fourth-order valence-corrected chi connectivity index (χ4v) is 6.38. The summed E-state index contributed by atoms with van der Waals surface area (Å²) in [6, 6.07) is 3.44. The van der Waals surface area contributed by atoms with Crippen molar-refractivity contribution in [2.45, 2.75) is 71.8 Å². The van der Waals surface area contributed by atoms with E-state index in [1.165, 1.54) is 18.7 Å². The summed E-state index contributed by atoms with van der Waals surface area (Å²) in [5.74, 6) is -5.45. The molecule has 1 saturated carbocycles. The molecule has 236 valence electrons. The fourth-order valence-electron chi connectivity index (χ4n) is 6.38. The number of para-hydroxylation sites is 1. The van der Waals surface area contributed by atoms with Gasteiger partial charge >= 0.3 is 12.1 Å². The molecule has 1 aromatic rings. The van der Waals surface area contributed by atoms with Gasteiger partial charge in [-0.1, -0.05) is 45.9 Å². The lowest BCUT2D eigenvalue weighted by atomic mass is 9.94. The average Bonchev–Trinajstić information content (AvgIpc) is 3.26. The third-order valence-corrected chi connectivity index (χ3v) is 9.09. The predicted molar refractivity (Wildman–Crippen MR) is 148 cm³/mol.